The Hall–Kier alpha value is -2.31. The minimum atomic E-state index is 0.498. The van der Waals surface area contributed by atoms with Crippen molar-refractivity contribution >= 4 is 17.4 Å². The number of aromatic nitrogens is 1. The first kappa shape index (κ1) is 12.7. The van der Waals surface area contributed by atoms with Crippen LogP contribution in [0.25, 0.3) is 5.76 Å². The molecule has 20 heavy (non-hydrogen) atoms. The van der Waals surface area contributed by atoms with E-state index >= 15 is 0 Å². The monoisotopic (exact) mass is 282 g/mol. The van der Waals surface area contributed by atoms with Gasteiger partial charge in [0, 0.05) is 12.6 Å². The van der Waals surface area contributed by atoms with Crippen LogP contribution in [-0.2, 0) is 6.42 Å². The number of hydrogen-bond donors (Lipinski definition) is 0. The van der Waals surface area contributed by atoms with Gasteiger partial charge in [-0.1, -0.05) is 29.8 Å². The third kappa shape index (κ3) is 2.15. The fourth-order valence-corrected chi connectivity index (χ4v) is 2.42. The number of halogens is 1. The molecule has 0 fully saturated rings. The van der Waals surface area contributed by atoms with Crippen molar-refractivity contribution in [3.05, 3.63) is 63.9 Å². The second-order valence-corrected chi connectivity index (χ2v) is 5.05. The molecule has 0 spiro atoms. The lowest BCUT2D eigenvalue weighted by Crippen LogP contribution is -2.01. The van der Waals surface area contributed by atoms with E-state index in [4.69, 9.17) is 21.6 Å². The minimum absolute atomic E-state index is 0.498. The maximum Gasteiger partial charge on any atom is 0.166 e. The Morgan fingerprint density at radius 1 is 1.35 bits per heavy atom. The van der Waals surface area contributed by atoms with Gasteiger partial charge in [0.2, 0.25) is 0 Å². The van der Waals surface area contributed by atoms with E-state index in [1.165, 1.54) is 0 Å². The van der Waals surface area contributed by atoms with Gasteiger partial charge in [-0.2, -0.15) is 5.26 Å². The number of fused-ring (bicyclic) bond motifs is 2. The molecule has 0 atom stereocenters. The van der Waals surface area contributed by atoms with E-state index in [0.717, 1.165) is 16.9 Å². The van der Waals surface area contributed by atoms with E-state index in [-0.39, 0.29) is 0 Å². The lowest BCUT2D eigenvalue weighted by molar-refractivity contribution is 0.508. The third-order valence-electron chi connectivity index (χ3n) is 3.22. The molecule has 1 aromatic carbocycles. The Labute approximate surface area is 122 Å². The second-order valence-electron chi connectivity index (χ2n) is 4.61. The first-order valence-electron chi connectivity index (χ1n) is 6.20. The van der Waals surface area contributed by atoms with E-state index in [0.29, 0.717) is 28.5 Å². The van der Waals surface area contributed by atoms with Crippen molar-refractivity contribution in [2.75, 3.05) is 0 Å². The van der Waals surface area contributed by atoms with Gasteiger partial charge in [0.25, 0.3) is 0 Å². The van der Waals surface area contributed by atoms with Gasteiger partial charge in [0.05, 0.1) is 16.7 Å². The zero-order valence-corrected chi connectivity index (χ0v) is 11.6. The van der Waals surface area contributed by atoms with Gasteiger partial charge in [0.1, 0.15) is 11.4 Å². The van der Waals surface area contributed by atoms with Crippen LogP contribution in [0.5, 0.6) is 5.75 Å². The quantitative estimate of drug-likeness (QED) is 0.687. The number of benzene rings is 1. The molecule has 0 radical (unpaired) electrons. The molecule has 3 rings (SSSR count). The Kier molecular flexibility index (Phi) is 3.17. The van der Waals surface area contributed by atoms with Crippen LogP contribution in [0.2, 0.25) is 5.02 Å². The highest BCUT2D eigenvalue weighted by Crippen LogP contribution is 2.34. The van der Waals surface area contributed by atoms with Crippen LogP contribution in [0.15, 0.2) is 42.1 Å². The minimum Gasteiger partial charge on any atom is -0.454 e. The molecule has 0 saturated heterocycles. The molecule has 98 valence electrons. The molecule has 0 unspecified atom stereocenters. The van der Waals surface area contributed by atoms with E-state index in [9.17, 15) is 0 Å². The molecule has 3 nitrogen and oxygen atoms in total. The number of pyridine rings is 1. The van der Waals surface area contributed by atoms with Crippen molar-refractivity contribution in [3.8, 4) is 11.8 Å². The number of ether oxygens (including phenoxy) is 1. The van der Waals surface area contributed by atoms with Crippen LogP contribution in [0.4, 0.5) is 0 Å². The average molecular weight is 283 g/mol. The molecule has 0 aliphatic carbocycles. The summed E-state index contributed by atoms with van der Waals surface area (Å²) in [7, 11) is 0. The number of rotatable bonds is 0. The van der Waals surface area contributed by atoms with Crippen molar-refractivity contribution in [2.24, 2.45) is 0 Å². The number of nitriles is 1. The number of hydrogen-bond acceptors (Lipinski definition) is 3. The molecule has 1 aromatic heterocycles. The second kappa shape index (κ2) is 4.99. The summed E-state index contributed by atoms with van der Waals surface area (Å²) in [6, 6.07) is 11.8. The average Bonchev–Trinajstić information content (AvgIpc) is 2.62. The maximum atomic E-state index is 9.17. The summed E-state index contributed by atoms with van der Waals surface area (Å²) in [6.07, 6.45) is 2.26. The molecule has 0 N–H and O–H groups in total. The first-order valence-corrected chi connectivity index (χ1v) is 6.58. The molecule has 2 heterocycles. The summed E-state index contributed by atoms with van der Waals surface area (Å²) in [5, 5.41) is 9.75. The van der Waals surface area contributed by atoms with E-state index < -0.39 is 0 Å². The molecule has 2 aromatic rings. The van der Waals surface area contributed by atoms with E-state index in [1.807, 2.05) is 30.3 Å². The molecule has 0 bridgehead atoms. The molecule has 0 amide bonds. The van der Waals surface area contributed by atoms with Crippen molar-refractivity contribution in [2.45, 2.75) is 13.3 Å². The van der Waals surface area contributed by atoms with Crippen LogP contribution in [0, 0.1) is 11.3 Å². The Morgan fingerprint density at radius 3 is 2.95 bits per heavy atom. The molecule has 4 heteroatoms. The van der Waals surface area contributed by atoms with Gasteiger partial charge in [-0.15, -0.1) is 0 Å². The highest BCUT2D eigenvalue weighted by atomic mass is 35.5. The molecular weight excluding hydrogens is 272 g/mol. The van der Waals surface area contributed by atoms with Gasteiger partial charge < -0.3 is 4.74 Å². The molecular formula is C16H11ClN2O. The molecule has 1 aliphatic rings. The predicted octanol–water partition coefficient (Wildman–Crippen LogP) is 3.97. The number of para-hydroxylation sites is 1. The lowest BCUT2D eigenvalue weighted by Gasteiger charge is -2.10. The highest BCUT2D eigenvalue weighted by molar-refractivity contribution is 6.30. The Morgan fingerprint density at radius 2 is 2.15 bits per heavy atom. The zero-order chi connectivity index (χ0) is 14.1. The summed E-state index contributed by atoms with van der Waals surface area (Å²) >= 11 is 6.03. The third-order valence-corrected chi connectivity index (χ3v) is 3.43. The van der Waals surface area contributed by atoms with Crippen molar-refractivity contribution < 1.29 is 4.74 Å². The molecule has 1 aliphatic heterocycles. The summed E-state index contributed by atoms with van der Waals surface area (Å²) in [5.74, 6) is 1.26. The SMILES string of the molecule is C/C(C#N)=C1/Oc2ccccc2Cc2cc(Cl)cnc21. The fraction of sp³-hybridized carbons (Fsp3) is 0.125. The standard InChI is InChI=1S/C16H11ClN2O/c1-10(8-18)16-15-12(7-13(17)9-19-15)6-11-4-2-3-5-14(11)20-16/h2-5,7,9H,6H2,1H3/b16-10-. The van der Waals surface area contributed by atoms with Crippen LogP contribution < -0.4 is 4.74 Å². The number of nitrogens with zero attached hydrogens (tertiary/aromatic N) is 2. The predicted molar refractivity (Wildman–Crippen MR) is 77.3 cm³/mol. The smallest absolute Gasteiger partial charge is 0.166 e. The maximum absolute atomic E-state index is 9.17. The summed E-state index contributed by atoms with van der Waals surface area (Å²) in [4.78, 5) is 4.35. The van der Waals surface area contributed by atoms with Gasteiger partial charge in [-0.05, 0) is 30.2 Å². The normalized spacial score (nSPS) is 15.2. The van der Waals surface area contributed by atoms with Crippen LogP contribution in [0.1, 0.15) is 23.7 Å². The highest BCUT2D eigenvalue weighted by Gasteiger charge is 2.21. The van der Waals surface area contributed by atoms with Gasteiger partial charge in [-0.25, -0.2) is 0 Å². The van der Waals surface area contributed by atoms with Gasteiger partial charge >= 0.3 is 0 Å². The van der Waals surface area contributed by atoms with Crippen LogP contribution >= 0.6 is 11.6 Å². The topological polar surface area (TPSA) is 45.9 Å². The van der Waals surface area contributed by atoms with Crippen molar-refractivity contribution in [1.82, 2.24) is 4.98 Å². The summed E-state index contributed by atoms with van der Waals surface area (Å²) < 4.78 is 5.93. The Balaban J connectivity index is 2.28. The molecule has 0 saturated carbocycles. The first-order chi connectivity index (χ1) is 9.69. The summed E-state index contributed by atoms with van der Waals surface area (Å²) in [6.45, 7) is 1.73. The zero-order valence-electron chi connectivity index (χ0n) is 10.9. The van der Waals surface area contributed by atoms with E-state index in [2.05, 4.69) is 11.1 Å². The van der Waals surface area contributed by atoms with Crippen LogP contribution in [-0.4, -0.2) is 4.98 Å². The van der Waals surface area contributed by atoms with Gasteiger partial charge in [-0.3, -0.25) is 4.98 Å². The van der Waals surface area contributed by atoms with Crippen LogP contribution in [0.3, 0.4) is 0 Å². The van der Waals surface area contributed by atoms with Crippen molar-refractivity contribution in [1.29, 1.82) is 5.26 Å². The van der Waals surface area contributed by atoms with Crippen molar-refractivity contribution in [3.63, 3.8) is 0 Å². The van der Waals surface area contributed by atoms with Gasteiger partial charge in [0.15, 0.2) is 5.76 Å². The number of allylic oxidation sites excluding steroid dienone is 1. The summed E-state index contributed by atoms with van der Waals surface area (Å²) in [5.41, 5.74) is 3.20. The fourth-order valence-electron chi connectivity index (χ4n) is 2.24. The Bertz CT molecular complexity index is 759. The van der Waals surface area contributed by atoms with E-state index in [1.54, 1.807) is 13.1 Å². The lowest BCUT2D eigenvalue weighted by atomic mass is 10.0. The largest absolute Gasteiger partial charge is 0.454 e.